The summed E-state index contributed by atoms with van der Waals surface area (Å²) in [4.78, 5) is 10.5. The Balaban J connectivity index is 2.37. The lowest BCUT2D eigenvalue weighted by molar-refractivity contribution is -0.417. The predicted octanol–water partition coefficient (Wildman–Crippen LogP) is 3.28. The molecular weight excluding hydrogens is 290 g/mol. The molecule has 0 saturated carbocycles. The third kappa shape index (κ3) is 4.08. The van der Waals surface area contributed by atoms with Crippen LogP contribution in [0.2, 0.25) is 0 Å². The highest BCUT2D eigenvalue weighted by Crippen LogP contribution is 2.18. The fourth-order valence-corrected chi connectivity index (χ4v) is 2.17. The standard InChI is InChI=1S/C15H13NO4S/c1-20-21(19)9-8-15(16(17)18)11-12-6-7-13-4-2-3-5-14(13)10-12/h2-11H,1H3/b9-8-,15-11-. The Hall–Kier alpha value is -2.31. The zero-order valence-electron chi connectivity index (χ0n) is 11.3. The van der Waals surface area contributed by atoms with E-state index >= 15 is 0 Å². The fourth-order valence-electron chi connectivity index (χ4n) is 1.81. The average molecular weight is 303 g/mol. The summed E-state index contributed by atoms with van der Waals surface area (Å²) >= 11 is -1.67. The van der Waals surface area contributed by atoms with Crippen LogP contribution in [0.1, 0.15) is 5.56 Å². The molecule has 0 fully saturated rings. The first-order valence-electron chi connectivity index (χ1n) is 6.08. The van der Waals surface area contributed by atoms with Gasteiger partial charge in [-0.2, -0.15) is 0 Å². The normalized spacial score (nSPS) is 13.7. The highest BCUT2D eigenvalue weighted by Gasteiger charge is 2.07. The highest BCUT2D eigenvalue weighted by atomic mass is 32.2. The Morgan fingerprint density at radius 3 is 2.62 bits per heavy atom. The monoisotopic (exact) mass is 303 g/mol. The van der Waals surface area contributed by atoms with Gasteiger partial charge in [0, 0.05) is 17.6 Å². The lowest BCUT2D eigenvalue weighted by atomic mass is 10.1. The summed E-state index contributed by atoms with van der Waals surface area (Å²) in [6.07, 6.45) is 2.60. The van der Waals surface area contributed by atoms with Crippen molar-refractivity contribution in [3.05, 3.63) is 75.3 Å². The van der Waals surface area contributed by atoms with E-state index in [1.54, 1.807) is 6.07 Å². The number of nitrogens with zero attached hydrogens (tertiary/aromatic N) is 1. The third-order valence-corrected chi connectivity index (χ3v) is 3.50. The average Bonchev–Trinajstić information content (AvgIpc) is 2.50. The fraction of sp³-hybridized carbons (Fsp3) is 0.0667. The molecule has 1 unspecified atom stereocenters. The SMILES string of the molecule is COS(=O)/C=C\C(=C\c1ccc2ccccc2c1)[N+](=O)[O-]. The number of nitro groups is 1. The summed E-state index contributed by atoms with van der Waals surface area (Å²) in [6.45, 7) is 0. The van der Waals surface area contributed by atoms with Crippen molar-refractivity contribution in [1.82, 2.24) is 0 Å². The first kappa shape index (κ1) is 15.1. The van der Waals surface area contributed by atoms with Gasteiger partial charge in [-0.15, -0.1) is 0 Å². The summed E-state index contributed by atoms with van der Waals surface area (Å²) in [5.74, 6) is 0. The topological polar surface area (TPSA) is 69.4 Å². The number of hydrogen-bond donors (Lipinski definition) is 0. The predicted molar refractivity (Wildman–Crippen MR) is 83.2 cm³/mol. The van der Waals surface area contributed by atoms with E-state index in [-0.39, 0.29) is 5.70 Å². The van der Waals surface area contributed by atoms with Gasteiger partial charge >= 0.3 is 0 Å². The molecule has 0 heterocycles. The molecule has 0 saturated heterocycles. The molecule has 2 aromatic rings. The lowest BCUT2D eigenvalue weighted by Crippen LogP contribution is -1.96. The second kappa shape index (κ2) is 6.92. The van der Waals surface area contributed by atoms with Gasteiger partial charge in [-0.25, -0.2) is 4.21 Å². The molecule has 21 heavy (non-hydrogen) atoms. The molecule has 108 valence electrons. The van der Waals surface area contributed by atoms with Crippen LogP contribution in [0, 0.1) is 10.1 Å². The van der Waals surface area contributed by atoms with Crippen molar-refractivity contribution in [2.45, 2.75) is 0 Å². The van der Waals surface area contributed by atoms with Crippen LogP contribution in [0.25, 0.3) is 16.8 Å². The van der Waals surface area contributed by atoms with Crippen LogP contribution >= 0.6 is 0 Å². The Labute approximate surface area is 124 Å². The molecule has 0 bridgehead atoms. The molecule has 2 aromatic carbocycles. The van der Waals surface area contributed by atoms with E-state index in [4.69, 9.17) is 0 Å². The number of fused-ring (bicyclic) bond motifs is 1. The van der Waals surface area contributed by atoms with E-state index in [1.807, 2.05) is 36.4 Å². The summed E-state index contributed by atoms with van der Waals surface area (Å²) < 4.78 is 15.6. The zero-order chi connectivity index (χ0) is 15.2. The van der Waals surface area contributed by atoms with Crippen molar-refractivity contribution < 1.29 is 13.3 Å². The van der Waals surface area contributed by atoms with Crippen molar-refractivity contribution in [3.63, 3.8) is 0 Å². The Kier molecular flexibility index (Phi) is 4.97. The highest BCUT2D eigenvalue weighted by molar-refractivity contribution is 7.83. The molecular formula is C15H13NO4S. The maximum atomic E-state index is 11.1. The van der Waals surface area contributed by atoms with Crippen LogP contribution < -0.4 is 0 Å². The number of rotatable bonds is 5. The molecule has 0 spiro atoms. The smallest absolute Gasteiger partial charge is 0.270 e. The third-order valence-electron chi connectivity index (χ3n) is 2.81. The first-order valence-corrected chi connectivity index (χ1v) is 7.22. The zero-order valence-corrected chi connectivity index (χ0v) is 12.1. The molecule has 0 radical (unpaired) electrons. The molecule has 0 amide bonds. The number of benzene rings is 2. The van der Waals surface area contributed by atoms with Gasteiger partial charge in [-0.05, 0) is 22.4 Å². The summed E-state index contributed by atoms with van der Waals surface area (Å²) in [6, 6.07) is 13.3. The van der Waals surface area contributed by atoms with Gasteiger partial charge in [0.05, 0.1) is 12.0 Å². The van der Waals surface area contributed by atoms with Crippen molar-refractivity contribution >= 4 is 27.9 Å². The van der Waals surface area contributed by atoms with Crippen LogP contribution in [-0.2, 0) is 15.3 Å². The van der Waals surface area contributed by atoms with E-state index in [0.29, 0.717) is 5.56 Å². The first-order chi connectivity index (χ1) is 10.1. The number of allylic oxidation sites excluding steroid dienone is 1. The van der Waals surface area contributed by atoms with Crippen molar-refractivity contribution in [3.8, 4) is 0 Å². The summed E-state index contributed by atoms with van der Waals surface area (Å²) in [5, 5.41) is 14.2. The summed E-state index contributed by atoms with van der Waals surface area (Å²) in [7, 11) is 1.26. The molecule has 0 aromatic heterocycles. The van der Waals surface area contributed by atoms with E-state index in [0.717, 1.165) is 16.2 Å². The van der Waals surface area contributed by atoms with Crippen LogP contribution in [-0.4, -0.2) is 16.2 Å². The summed E-state index contributed by atoms with van der Waals surface area (Å²) in [5.41, 5.74) is 0.545. The number of hydrogen-bond acceptors (Lipinski definition) is 4. The van der Waals surface area contributed by atoms with Crippen LogP contribution in [0.4, 0.5) is 0 Å². The second-order valence-corrected chi connectivity index (χ2v) is 5.29. The Morgan fingerprint density at radius 1 is 1.24 bits per heavy atom. The molecule has 2 rings (SSSR count). The lowest BCUT2D eigenvalue weighted by Gasteiger charge is -1.99. The van der Waals surface area contributed by atoms with Crippen molar-refractivity contribution in [1.29, 1.82) is 0 Å². The van der Waals surface area contributed by atoms with E-state index in [2.05, 4.69) is 4.18 Å². The van der Waals surface area contributed by atoms with Crippen molar-refractivity contribution in [2.75, 3.05) is 7.11 Å². The van der Waals surface area contributed by atoms with Gasteiger partial charge in [0.2, 0.25) is 0 Å². The molecule has 0 aliphatic rings. The van der Waals surface area contributed by atoms with E-state index in [9.17, 15) is 14.3 Å². The van der Waals surface area contributed by atoms with Gasteiger partial charge < -0.3 is 0 Å². The maximum Gasteiger partial charge on any atom is 0.270 e. The quantitative estimate of drug-likeness (QED) is 0.483. The minimum Gasteiger partial charge on any atom is -0.291 e. The van der Waals surface area contributed by atoms with Gasteiger partial charge in [-0.3, -0.25) is 14.3 Å². The van der Waals surface area contributed by atoms with Gasteiger partial charge in [-0.1, -0.05) is 36.4 Å². The Morgan fingerprint density at radius 2 is 1.95 bits per heavy atom. The maximum absolute atomic E-state index is 11.1. The van der Waals surface area contributed by atoms with Gasteiger partial charge in [0.1, 0.15) is 0 Å². The van der Waals surface area contributed by atoms with Gasteiger partial charge in [0.15, 0.2) is 11.1 Å². The van der Waals surface area contributed by atoms with Crippen LogP contribution in [0.3, 0.4) is 0 Å². The molecule has 0 aliphatic heterocycles. The molecule has 1 atom stereocenters. The minimum absolute atomic E-state index is 0.157. The van der Waals surface area contributed by atoms with Gasteiger partial charge in [0.25, 0.3) is 5.70 Å². The molecule has 0 N–H and O–H groups in total. The van der Waals surface area contributed by atoms with E-state index < -0.39 is 16.0 Å². The largest absolute Gasteiger partial charge is 0.291 e. The second-order valence-electron chi connectivity index (χ2n) is 4.16. The molecule has 0 aliphatic carbocycles. The van der Waals surface area contributed by atoms with Crippen LogP contribution in [0.15, 0.2) is 59.6 Å². The van der Waals surface area contributed by atoms with Crippen LogP contribution in [0.5, 0.6) is 0 Å². The minimum atomic E-state index is -1.67. The Bertz CT molecular complexity index is 752. The molecule has 5 nitrogen and oxygen atoms in total. The van der Waals surface area contributed by atoms with Crippen molar-refractivity contribution in [2.24, 2.45) is 0 Å². The van der Waals surface area contributed by atoms with E-state index in [1.165, 1.54) is 19.3 Å². The molecule has 6 heteroatoms.